The molecule has 0 bridgehead atoms. The van der Waals surface area contributed by atoms with E-state index in [1.54, 1.807) is 38.5 Å². The Morgan fingerprint density at radius 1 is 0.639 bits per heavy atom. The lowest BCUT2D eigenvalue weighted by atomic mass is 10.0. The molecule has 0 unspecified atom stereocenters. The zero-order chi connectivity index (χ0) is 43.4. The third kappa shape index (κ3) is 9.80. The number of hydrogen-bond acceptors (Lipinski definition) is 13. The van der Waals surface area contributed by atoms with E-state index >= 15 is 0 Å². The first-order valence-corrected chi connectivity index (χ1v) is 20.3. The third-order valence-corrected chi connectivity index (χ3v) is 10.8. The van der Waals surface area contributed by atoms with Crippen LogP contribution in [0.4, 0.5) is 0 Å². The molecule has 0 amide bonds. The maximum Gasteiger partial charge on any atom is 0.197 e. The van der Waals surface area contributed by atoms with Crippen molar-refractivity contribution >= 4 is 21.9 Å². The van der Waals surface area contributed by atoms with Crippen LogP contribution >= 0.6 is 0 Å². The van der Waals surface area contributed by atoms with Gasteiger partial charge in [-0.2, -0.15) is 0 Å². The van der Waals surface area contributed by atoms with Gasteiger partial charge in [0.1, 0.15) is 93.4 Å². The fourth-order valence-electron chi connectivity index (χ4n) is 7.78. The molecule has 2 atom stereocenters. The molecule has 6 aromatic rings. The fourth-order valence-corrected chi connectivity index (χ4v) is 7.78. The smallest absolute Gasteiger partial charge is 0.197 e. The number of benzene rings is 4. The summed E-state index contributed by atoms with van der Waals surface area (Å²) >= 11 is 0. The lowest BCUT2D eigenvalue weighted by molar-refractivity contribution is 0.0753. The van der Waals surface area contributed by atoms with Crippen molar-refractivity contribution in [3.63, 3.8) is 0 Å². The van der Waals surface area contributed by atoms with Crippen LogP contribution in [-0.4, -0.2) is 90.1 Å². The summed E-state index contributed by atoms with van der Waals surface area (Å²) in [5.41, 5.74) is 5.80. The number of fused-ring (bicyclic) bond motifs is 2. The van der Waals surface area contributed by atoms with Crippen molar-refractivity contribution in [3.05, 3.63) is 103 Å². The maximum absolute atomic E-state index is 12.9. The van der Waals surface area contributed by atoms with Crippen LogP contribution in [0.15, 0.2) is 79.1 Å². The summed E-state index contributed by atoms with van der Waals surface area (Å²) in [6.45, 7) is 12.1. The van der Waals surface area contributed by atoms with Gasteiger partial charge in [0.05, 0.1) is 35.0 Å². The molecule has 1 N–H and O–H groups in total. The van der Waals surface area contributed by atoms with Gasteiger partial charge in [0, 0.05) is 54.1 Å². The average molecular weight is 836 g/mol. The molecule has 0 saturated carbocycles. The minimum absolute atomic E-state index is 0.169. The Labute approximate surface area is 354 Å². The Morgan fingerprint density at radius 3 is 1.49 bits per heavy atom. The summed E-state index contributed by atoms with van der Waals surface area (Å²) in [6.07, 6.45) is 2.04. The third-order valence-electron chi connectivity index (χ3n) is 10.8. The van der Waals surface area contributed by atoms with Gasteiger partial charge < -0.3 is 52.0 Å². The van der Waals surface area contributed by atoms with E-state index < -0.39 is 6.10 Å². The molecule has 13 heteroatoms. The first-order valence-electron chi connectivity index (χ1n) is 20.3. The van der Waals surface area contributed by atoms with E-state index in [9.17, 15) is 14.7 Å². The van der Waals surface area contributed by atoms with Crippen LogP contribution in [0, 0.1) is 27.7 Å². The summed E-state index contributed by atoms with van der Waals surface area (Å²) < 4.78 is 50.5. The summed E-state index contributed by atoms with van der Waals surface area (Å²) in [7, 11) is 6.13. The highest BCUT2D eigenvalue weighted by atomic mass is 16.6. The SMILES string of the molecule is COc1cc(OC)c2c(=O)cc(-c3cc(C)c(OC[C@H](O)CN4CCCC4)c(C)c3)oc2c1.COc1cc(OC)c2c(=O)cc(-c3cc(C)c(OC[C@H]4CO4)c(C)c3)oc2c1. The monoisotopic (exact) mass is 835 g/mol. The lowest BCUT2D eigenvalue weighted by Gasteiger charge is -2.21. The molecular formula is C48H53NO12. The van der Waals surface area contributed by atoms with Gasteiger partial charge in [-0.05, 0) is 100 Å². The topological polar surface area (TPSA) is 152 Å². The number of epoxide rings is 1. The van der Waals surface area contributed by atoms with Gasteiger partial charge in [0.2, 0.25) is 0 Å². The van der Waals surface area contributed by atoms with Crippen molar-refractivity contribution in [3.8, 4) is 57.1 Å². The molecule has 2 aliphatic rings. The van der Waals surface area contributed by atoms with E-state index in [2.05, 4.69) is 4.90 Å². The van der Waals surface area contributed by atoms with Gasteiger partial charge in [0.15, 0.2) is 10.9 Å². The molecular weight excluding hydrogens is 783 g/mol. The van der Waals surface area contributed by atoms with Crippen molar-refractivity contribution in [2.45, 2.75) is 52.7 Å². The lowest BCUT2D eigenvalue weighted by Crippen LogP contribution is -2.33. The van der Waals surface area contributed by atoms with E-state index in [0.717, 1.165) is 64.6 Å². The predicted octanol–water partition coefficient (Wildman–Crippen LogP) is 7.80. The number of β-amino-alcohol motifs (C(OH)–C–C–N with tert-alkyl or cyclic N) is 1. The van der Waals surface area contributed by atoms with Crippen molar-refractivity contribution in [2.75, 3.05) is 67.9 Å². The normalized spacial score (nSPS) is 15.3. The minimum Gasteiger partial charge on any atom is -0.496 e. The number of methoxy groups -OCH3 is 4. The Balaban J connectivity index is 0.000000186. The summed E-state index contributed by atoms with van der Waals surface area (Å²) in [6, 6.07) is 17.4. The van der Waals surface area contributed by atoms with E-state index in [4.69, 9.17) is 42.0 Å². The highest BCUT2D eigenvalue weighted by molar-refractivity contribution is 5.87. The number of rotatable bonds is 14. The zero-order valence-corrected chi connectivity index (χ0v) is 36.0. The number of ether oxygens (including phenoxy) is 7. The molecule has 8 rings (SSSR count). The predicted molar refractivity (Wildman–Crippen MR) is 233 cm³/mol. The molecule has 0 radical (unpaired) electrons. The molecule has 322 valence electrons. The van der Waals surface area contributed by atoms with Crippen LogP contribution in [0.2, 0.25) is 0 Å². The summed E-state index contributed by atoms with van der Waals surface area (Å²) in [5.74, 6) is 4.45. The van der Waals surface area contributed by atoms with E-state index in [-0.39, 0.29) is 23.6 Å². The van der Waals surface area contributed by atoms with Gasteiger partial charge in [-0.1, -0.05) is 0 Å². The van der Waals surface area contributed by atoms with Crippen LogP contribution in [0.1, 0.15) is 35.1 Å². The van der Waals surface area contributed by atoms with Crippen LogP contribution in [-0.2, 0) is 4.74 Å². The molecule has 0 aliphatic carbocycles. The number of nitrogens with zero attached hydrogens (tertiary/aromatic N) is 1. The molecule has 13 nitrogen and oxygen atoms in total. The number of likely N-dealkylation sites (tertiary alicyclic amines) is 1. The Kier molecular flexibility index (Phi) is 13.2. The minimum atomic E-state index is -0.537. The number of aliphatic hydroxyl groups excluding tert-OH is 1. The van der Waals surface area contributed by atoms with Gasteiger partial charge in [-0.15, -0.1) is 0 Å². The molecule has 2 fully saturated rings. The van der Waals surface area contributed by atoms with Crippen molar-refractivity contribution in [1.82, 2.24) is 4.90 Å². The highest BCUT2D eigenvalue weighted by Gasteiger charge is 2.24. The molecule has 2 saturated heterocycles. The van der Waals surface area contributed by atoms with Gasteiger partial charge in [0.25, 0.3) is 0 Å². The molecule has 2 aliphatic heterocycles. The second-order valence-electron chi connectivity index (χ2n) is 15.5. The first kappa shape index (κ1) is 43.1. The molecule has 0 spiro atoms. The number of aliphatic hydroxyl groups is 1. The van der Waals surface area contributed by atoms with Crippen LogP contribution in [0.25, 0.3) is 44.6 Å². The van der Waals surface area contributed by atoms with Crippen molar-refractivity contribution < 1.29 is 47.1 Å². The number of aryl methyl sites for hydroxylation is 4. The van der Waals surface area contributed by atoms with Gasteiger partial charge in [-0.3, -0.25) is 9.59 Å². The standard InChI is InChI=1S/C26H31NO6.C22H22O6/c1-16-9-18(10-17(2)26(16)32-15-19(28)14-27-7-5-6-8-27)22-13-21(29)25-23(31-4)11-20(30-3)12-24(25)33-22;1-12-5-14(6-13(2)22(12)27-11-16-10-26-16)18-9-17(23)21-19(25-4)7-15(24-3)8-20(21)28-18/h9-13,19,28H,5-8,14-15H2,1-4H3;5-9,16H,10-11H2,1-4H3/t19-;16-/m11/s1. The molecule has 61 heavy (non-hydrogen) atoms. The number of hydrogen-bond donors (Lipinski definition) is 1. The maximum atomic E-state index is 12.9. The Bertz CT molecular complexity index is 2610. The highest BCUT2D eigenvalue weighted by Crippen LogP contribution is 2.36. The summed E-state index contributed by atoms with van der Waals surface area (Å²) in [4.78, 5) is 27.9. The molecule has 4 aromatic carbocycles. The van der Waals surface area contributed by atoms with Crippen LogP contribution in [0.3, 0.4) is 0 Å². The van der Waals surface area contributed by atoms with Crippen LogP contribution < -0.4 is 39.3 Å². The van der Waals surface area contributed by atoms with Crippen molar-refractivity contribution in [2.24, 2.45) is 0 Å². The second kappa shape index (κ2) is 18.7. The Morgan fingerprint density at radius 2 is 1.08 bits per heavy atom. The van der Waals surface area contributed by atoms with E-state index in [0.29, 0.717) is 69.6 Å². The Hall–Kier alpha value is -6.02. The largest absolute Gasteiger partial charge is 0.496 e. The fraction of sp³-hybridized carbons (Fsp3) is 0.375. The average Bonchev–Trinajstić information content (AvgIpc) is 3.94. The second-order valence-corrected chi connectivity index (χ2v) is 15.5. The molecule has 4 heterocycles. The van der Waals surface area contributed by atoms with Gasteiger partial charge >= 0.3 is 0 Å². The summed E-state index contributed by atoms with van der Waals surface area (Å²) in [5, 5.41) is 11.1. The van der Waals surface area contributed by atoms with E-state index in [1.807, 2.05) is 52.0 Å². The van der Waals surface area contributed by atoms with Crippen LogP contribution in [0.5, 0.6) is 34.5 Å². The first-order chi connectivity index (χ1) is 29.4. The zero-order valence-electron chi connectivity index (χ0n) is 36.0. The van der Waals surface area contributed by atoms with Gasteiger partial charge in [-0.25, -0.2) is 0 Å². The van der Waals surface area contributed by atoms with Crippen molar-refractivity contribution in [1.29, 1.82) is 0 Å². The molecule has 2 aromatic heterocycles. The van der Waals surface area contributed by atoms with E-state index in [1.165, 1.54) is 39.2 Å². The quantitative estimate of drug-likeness (QED) is 0.106.